The Morgan fingerprint density at radius 1 is 1.22 bits per heavy atom. The molecule has 3 rings (SSSR count). The first-order chi connectivity index (χ1) is 12.8. The molecule has 0 spiro atoms. The van der Waals surface area contributed by atoms with Gasteiger partial charge in [0.25, 0.3) is 11.5 Å². The molecule has 1 aliphatic carbocycles. The number of halogens is 3. The minimum absolute atomic E-state index is 0.00814. The number of ether oxygens (including phenoxy) is 1. The van der Waals surface area contributed by atoms with E-state index in [1.54, 1.807) is 17.0 Å². The number of allylic oxidation sites excluding steroid dienone is 2. The van der Waals surface area contributed by atoms with Crippen LogP contribution in [0.4, 0.5) is 18.9 Å². The third kappa shape index (κ3) is 4.19. The lowest BCUT2D eigenvalue weighted by Crippen LogP contribution is -2.37. The number of nitro benzene ring substituents is 1. The Morgan fingerprint density at radius 2 is 1.93 bits per heavy atom. The number of alkyl halides is 3. The summed E-state index contributed by atoms with van der Waals surface area (Å²) in [4.78, 5) is 24.0. The molecule has 0 bridgehead atoms. The third-order valence-electron chi connectivity index (χ3n) is 4.52. The van der Waals surface area contributed by atoms with Crippen LogP contribution in [0.1, 0.15) is 18.4 Å². The summed E-state index contributed by atoms with van der Waals surface area (Å²) in [7, 11) is 0. The zero-order valence-corrected chi connectivity index (χ0v) is 14.3. The van der Waals surface area contributed by atoms with Crippen LogP contribution < -0.4 is 0 Å². The van der Waals surface area contributed by atoms with Crippen LogP contribution >= 0.6 is 0 Å². The van der Waals surface area contributed by atoms with Crippen molar-refractivity contribution in [2.24, 2.45) is 0 Å². The number of carbonyl (C=O) groups is 1. The van der Waals surface area contributed by atoms with Crippen LogP contribution in [0.25, 0.3) is 6.08 Å². The van der Waals surface area contributed by atoms with Crippen LogP contribution in [0.15, 0.2) is 41.1 Å². The van der Waals surface area contributed by atoms with Crippen LogP contribution in [0.2, 0.25) is 0 Å². The summed E-state index contributed by atoms with van der Waals surface area (Å²) in [5.41, 5.74) is 1.01. The van der Waals surface area contributed by atoms with Crippen molar-refractivity contribution < 1.29 is 27.6 Å². The maximum atomic E-state index is 13.0. The molecule has 2 aliphatic rings. The summed E-state index contributed by atoms with van der Waals surface area (Å²) in [6.45, 7) is 1.49. The highest BCUT2D eigenvalue weighted by atomic mass is 19.4. The number of nitro groups is 1. The summed E-state index contributed by atoms with van der Waals surface area (Å²) >= 11 is 0. The number of nitrogens with zero attached hydrogens (tertiary/aromatic N) is 2. The van der Waals surface area contributed by atoms with Crippen molar-refractivity contribution in [1.29, 1.82) is 0 Å². The molecule has 0 radical (unpaired) electrons. The van der Waals surface area contributed by atoms with E-state index in [4.69, 9.17) is 4.74 Å². The largest absolute Gasteiger partial charge is 0.454 e. The van der Waals surface area contributed by atoms with Gasteiger partial charge < -0.3 is 9.64 Å². The quantitative estimate of drug-likeness (QED) is 0.589. The van der Waals surface area contributed by atoms with Crippen LogP contribution in [-0.2, 0) is 9.53 Å². The molecular formula is C18H17F3N2O4. The van der Waals surface area contributed by atoms with E-state index in [1.165, 1.54) is 18.2 Å². The lowest BCUT2D eigenvalue weighted by atomic mass is 10.1. The highest BCUT2D eigenvalue weighted by Crippen LogP contribution is 2.39. The van der Waals surface area contributed by atoms with Gasteiger partial charge in [0.2, 0.25) is 0 Å². The number of rotatable bonds is 4. The number of hydrogen-bond acceptors (Lipinski definition) is 5. The first kappa shape index (κ1) is 19.1. The molecule has 1 aromatic rings. The van der Waals surface area contributed by atoms with Crippen molar-refractivity contribution in [2.45, 2.75) is 19.0 Å². The van der Waals surface area contributed by atoms with Gasteiger partial charge in [-0.25, -0.2) is 0 Å². The maximum absolute atomic E-state index is 13.0. The maximum Gasteiger partial charge on any atom is 0.454 e. The van der Waals surface area contributed by atoms with Gasteiger partial charge in [0, 0.05) is 36.5 Å². The van der Waals surface area contributed by atoms with Crippen LogP contribution in [-0.4, -0.2) is 48.1 Å². The van der Waals surface area contributed by atoms with Gasteiger partial charge in [-0.2, -0.15) is 13.2 Å². The molecule has 1 heterocycles. The van der Waals surface area contributed by atoms with Gasteiger partial charge in [-0.3, -0.25) is 14.9 Å². The number of non-ortho nitro benzene ring substituents is 1. The van der Waals surface area contributed by atoms with Crippen molar-refractivity contribution in [3.63, 3.8) is 0 Å². The fourth-order valence-electron chi connectivity index (χ4n) is 3.33. The summed E-state index contributed by atoms with van der Waals surface area (Å²) in [6, 6.07) is 5.85. The van der Waals surface area contributed by atoms with Crippen molar-refractivity contribution in [3.05, 3.63) is 56.8 Å². The van der Waals surface area contributed by atoms with E-state index in [9.17, 15) is 28.1 Å². The van der Waals surface area contributed by atoms with Gasteiger partial charge >= 0.3 is 6.18 Å². The molecule has 0 atom stereocenters. The smallest absolute Gasteiger partial charge is 0.378 e. The summed E-state index contributed by atoms with van der Waals surface area (Å²) in [5.74, 6) is -1.83. The number of hydrogen-bond donors (Lipinski definition) is 0. The fourth-order valence-corrected chi connectivity index (χ4v) is 3.33. The first-order valence-corrected chi connectivity index (χ1v) is 8.40. The van der Waals surface area contributed by atoms with E-state index in [1.807, 2.05) is 0 Å². The van der Waals surface area contributed by atoms with Gasteiger partial charge in [0.05, 0.1) is 18.1 Å². The minimum Gasteiger partial charge on any atom is -0.378 e. The number of morpholine rings is 1. The summed E-state index contributed by atoms with van der Waals surface area (Å²) in [6.07, 6.45) is -3.05. The number of ketones is 1. The van der Waals surface area contributed by atoms with Crippen molar-refractivity contribution in [1.82, 2.24) is 4.90 Å². The van der Waals surface area contributed by atoms with E-state index < -0.39 is 16.9 Å². The van der Waals surface area contributed by atoms with Crippen LogP contribution in [0.5, 0.6) is 0 Å². The molecule has 27 heavy (non-hydrogen) atoms. The van der Waals surface area contributed by atoms with Gasteiger partial charge in [-0.05, 0) is 30.1 Å². The number of benzene rings is 1. The van der Waals surface area contributed by atoms with Gasteiger partial charge in [0.15, 0.2) is 0 Å². The zero-order chi connectivity index (χ0) is 19.6. The van der Waals surface area contributed by atoms with Crippen LogP contribution in [0, 0.1) is 10.1 Å². The Hall–Kier alpha value is -2.68. The molecule has 1 saturated heterocycles. The van der Waals surface area contributed by atoms with Gasteiger partial charge in [-0.15, -0.1) is 0 Å². The molecule has 0 unspecified atom stereocenters. The molecule has 0 saturated carbocycles. The molecule has 1 aromatic carbocycles. The topological polar surface area (TPSA) is 72.7 Å². The van der Waals surface area contributed by atoms with E-state index in [2.05, 4.69) is 0 Å². The molecule has 1 fully saturated rings. The van der Waals surface area contributed by atoms with Gasteiger partial charge in [0.1, 0.15) is 0 Å². The Kier molecular flexibility index (Phi) is 5.31. The van der Waals surface area contributed by atoms with Crippen molar-refractivity contribution >= 4 is 17.5 Å². The third-order valence-corrected chi connectivity index (χ3v) is 4.52. The molecular weight excluding hydrogens is 365 g/mol. The van der Waals surface area contributed by atoms with Crippen molar-refractivity contribution in [3.8, 4) is 0 Å². The number of carbonyl (C=O) groups excluding carboxylic acids is 1. The molecule has 6 nitrogen and oxygen atoms in total. The second kappa shape index (κ2) is 7.51. The highest BCUT2D eigenvalue weighted by molar-refractivity contribution is 6.01. The molecule has 1 aliphatic heterocycles. The summed E-state index contributed by atoms with van der Waals surface area (Å²) < 4.78 is 44.3. The highest BCUT2D eigenvalue weighted by Gasteiger charge is 2.44. The normalized spacial score (nSPS) is 19.7. The average molecular weight is 382 g/mol. The van der Waals surface area contributed by atoms with E-state index in [0.29, 0.717) is 37.4 Å². The van der Waals surface area contributed by atoms with Gasteiger partial charge in [-0.1, -0.05) is 12.1 Å². The van der Waals surface area contributed by atoms with Crippen LogP contribution in [0.3, 0.4) is 0 Å². The Balaban J connectivity index is 2.03. The predicted octanol–water partition coefficient (Wildman–Crippen LogP) is 3.49. The molecule has 0 N–H and O–H groups in total. The molecule has 144 valence electrons. The Morgan fingerprint density at radius 3 is 2.56 bits per heavy atom. The molecule has 0 aromatic heterocycles. The Labute approximate surface area is 153 Å². The average Bonchev–Trinajstić information content (AvgIpc) is 3.04. The second-order valence-electron chi connectivity index (χ2n) is 6.28. The van der Waals surface area contributed by atoms with E-state index >= 15 is 0 Å². The molecule has 0 amide bonds. The van der Waals surface area contributed by atoms with E-state index in [-0.39, 0.29) is 29.8 Å². The Bertz CT molecular complexity index is 824. The lowest BCUT2D eigenvalue weighted by Gasteiger charge is -2.31. The summed E-state index contributed by atoms with van der Waals surface area (Å²) in [5, 5.41) is 10.9. The lowest BCUT2D eigenvalue weighted by molar-refractivity contribution is -0.384. The first-order valence-electron chi connectivity index (χ1n) is 8.40. The molecule has 9 heteroatoms. The fraction of sp³-hybridized carbons (Fsp3) is 0.389. The van der Waals surface area contributed by atoms with Crippen molar-refractivity contribution in [2.75, 3.05) is 26.3 Å². The second-order valence-corrected chi connectivity index (χ2v) is 6.28. The predicted molar refractivity (Wildman–Crippen MR) is 90.8 cm³/mol. The van der Waals surface area contributed by atoms with E-state index in [0.717, 1.165) is 0 Å². The number of Topliss-reactive ketones (excluding diaryl/α,β-unsaturated/α-hetero) is 1. The zero-order valence-electron chi connectivity index (χ0n) is 14.3. The monoisotopic (exact) mass is 382 g/mol. The standard InChI is InChI=1S/C18H17F3N2O4/c19-18(20,21)17(24)15-5-4-13(16(15)22-6-8-27-9-7-22)10-12-2-1-3-14(11-12)23(25)26/h1-3,10-11H,4-9H2/b13-10-. The SMILES string of the molecule is O=C(C1=C(N2CCOCC2)/C(=C\c2cccc([N+](=O)[O-])c2)CC1)C(F)(F)F. The minimum atomic E-state index is -4.94.